The summed E-state index contributed by atoms with van der Waals surface area (Å²) < 4.78 is 53.7. The van der Waals surface area contributed by atoms with Crippen LogP contribution in [0, 0.1) is 17.6 Å². The molecule has 25 heavy (non-hydrogen) atoms. The third kappa shape index (κ3) is 4.32. The van der Waals surface area contributed by atoms with E-state index in [1.165, 1.54) is 0 Å². The predicted octanol–water partition coefficient (Wildman–Crippen LogP) is 2.55. The summed E-state index contributed by atoms with van der Waals surface area (Å²) >= 11 is 0. The summed E-state index contributed by atoms with van der Waals surface area (Å²) in [7, 11) is -4.07. The fraction of sp³-hybridized carbons (Fsp3) is 0.353. The van der Waals surface area contributed by atoms with Crippen LogP contribution in [0.4, 0.5) is 14.5 Å². The maximum Gasteiger partial charge on any atom is 0.243 e. The van der Waals surface area contributed by atoms with Crippen LogP contribution in [-0.4, -0.2) is 33.0 Å². The second-order valence-electron chi connectivity index (χ2n) is 6.07. The van der Waals surface area contributed by atoms with Crippen LogP contribution >= 0.6 is 0 Å². The van der Waals surface area contributed by atoms with Gasteiger partial charge in [-0.1, -0.05) is 0 Å². The molecule has 2 aromatic rings. The Hall–Kier alpha value is -2.06. The van der Waals surface area contributed by atoms with E-state index in [2.05, 4.69) is 14.6 Å². The zero-order valence-corrected chi connectivity index (χ0v) is 14.3. The van der Waals surface area contributed by atoms with Gasteiger partial charge in [0, 0.05) is 25.8 Å². The second-order valence-corrected chi connectivity index (χ2v) is 7.80. The SMILES string of the molecule is O=S(=O)(NCC1CCN(c2cccnc2)CC1)c1cc(F)ccc1F. The molecule has 2 heterocycles. The maximum atomic E-state index is 13.7. The molecule has 1 fully saturated rings. The summed E-state index contributed by atoms with van der Waals surface area (Å²) in [5.41, 5.74) is 1.04. The Morgan fingerprint density at radius 1 is 1.20 bits per heavy atom. The van der Waals surface area contributed by atoms with Crippen molar-refractivity contribution in [1.29, 1.82) is 0 Å². The molecule has 1 aromatic heterocycles. The average Bonchev–Trinajstić information content (AvgIpc) is 2.63. The van der Waals surface area contributed by atoms with Crippen molar-refractivity contribution in [3.63, 3.8) is 0 Å². The normalized spacial score (nSPS) is 16.2. The third-order valence-corrected chi connectivity index (χ3v) is 5.81. The Balaban J connectivity index is 1.57. The van der Waals surface area contributed by atoms with Gasteiger partial charge < -0.3 is 4.90 Å². The maximum absolute atomic E-state index is 13.7. The fourth-order valence-corrected chi connectivity index (χ4v) is 4.13. The van der Waals surface area contributed by atoms with Gasteiger partial charge in [-0.3, -0.25) is 4.98 Å². The Morgan fingerprint density at radius 3 is 2.64 bits per heavy atom. The Morgan fingerprint density at radius 2 is 1.96 bits per heavy atom. The first-order chi connectivity index (χ1) is 12.0. The van der Waals surface area contributed by atoms with E-state index in [1.807, 2.05) is 12.1 Å². The van der Waals surface area contributed by atoms with Crippen LogP contribution in [0.15, 0.2) is 47.6 Å². The molecule has 1 aliphatic rings. The van der Waals surface area contributed by atoms with Crippen LogP contribution in [0.2, 0.25) is 0 Å². The number of nitrogens with zero attached hydrogens (tertiary/aromatic N) is 2. The van der Waals surface area contributed by atoms with Crippen LogP contribution in [0.25, 0.3) is 0 Å². The smallest absolute Gasteiger partial charge is 0.243 e. The molecular formula is C17H19F2N3O2S. The van der Waals surface area contributed by atoms with Gasteiger partial charge in [-0.25, -0.2) is 21.9 Å². The van der Waals surface area contributed by atoms with Crippen molar-refractivity contribution >= 4 is 15.7 Å². The minimum atomic E-state index is -4.07. The fourth-order valence-electron chi connectivity index (χ4n) is 2.92. The molecule has 3 rings (SSSR count). The van der Waals surface area contributed by atoms with E-state index in [0.717, 1.165) is 43.8 Å². The van der Waals surface area contributed by atoms with Crippen LogP contribution in [0.5, 0.6) is 0 Å². The number of nitrogens with one attached hydrogen (secondary N) is 1. The largest absolute Gasteiger partial charge is 0.370 e. The van der Waals surface area contributed by atoms with Crippen molar-refractivity contribution in [2.45, 2.75) is 17.7 Å². The van der Waals surface area contributed by atoms with Crippen molar-refractivity contribution in [3.05, 3.63) is 54.4 Å². The molecule has 0 unspecified atom stereocenters. The molecule has 0 aliphatic carbocycles. The van der Waals surface area contributed by atoms with Crippen molar-refractivity contribution in [2.24, 2.45) is 5.92 Å². The predicted molar refractivity (Wildman–Crippen MR) is 90.7 cm³/mol. The number of pyridine rings is 1. The minimum Gasteiger partial charge on any atom is -0.370 e. The van der Waals surface area contributed by atoms with Crippen LogP contribution in [0.3, 0.4) is 0 Å². The van der Waals surface area contributed by atoms with Crippen LogP contribution < -0.4 is 9.62 Å². The summed E-state index contributed by atoms with van der Waals surface area (Å²) in [5, 5.41) is 0. The molecular weight excluding hydrogens is 348 g/mol. The van der Waals surface area contributed by atoms with E-state index in [9.17, 15) is 17.2 Å². The van der Waals surface area contributed by atoms with Crippen molar-refractivity contribution in [3.8, 4) is 0 Å². The lowest BCUT2D eigenvalue weighted by Crippen LogP contribution is -2.38. The first-order valence-corrected chi connectivity index (χ1v) is 9.54. The third-order valence-electron chi connectivity index (χ3n) is 4.37. The molecule has 0 radical (unpaired) electrons. The van der Waals surface area contributed by atoms with E-state index in [0.29, 0.717) is 6.07 Å². The first kappa shape index (κ1) is 17.8. The number of rotatable bonds is 5. The summed E-state index contributed by atoms with van der Waals surface area (Å²) in [5.74, 6) is -1.59. The molecule has 0 spiro atoms. The molecule has 0 bridgehead atoms. The number of aromatic nitrogens is 1. The summed E-state index contributed by atoms with van der Waals surface area (Å²) in [6.45, 7) is 1.80. The van der Waals surface area contributed by atoms with E-state index in [1.54, 1.807) is 12.4 Å². The van der Waals surface area contributed by atoms with Gasteiger partial charge in [-0.15, -0.1) is 0 Å². The quantitative estimate of drug-likeness (QED) is 0.882. The number of hydrogen-bond acceptors (Lipinski definition) is 4. The van der Waals surface area contributed by atoms with Crippen LogP contribution in [0.1, 0.15) is 12.8 Å². The Bertz CT molecular complexity index is 823. The molecule has 1 aromatic carbocycles. The monoisotopic (exact) mass is 367 g/mol. The van der Waals surface area contributed by atoms with Gasteiger partial charge in [0.15, 0.2) is 0 Å². The summed E-state index contributed by atoms with van der Waals surface area (Å²) in [4.78, 5) is 5.64. The van der Waals surface area contributed by atoms with E-state index >= 15 is 0 Å². The van der Waals surface area contributed by atoms with Gasteiger partial charge in [-0.2, -0.15) is 0 Å². The molecule has 1 aliphatic heterocycles. The molecule has 0 amide bonds. The van der Waals surface area contributed by atoms with E-state index < -0.39 is 26.6 Å². The number of benzene rings is 1. The molecule has 8 heteroatoms. The highest BCUT2D eigenvalue weighted by atomic mass is 32.2. The minimum absolute atomic E-state index is 0.152. The first-order valence-electron chi connectivity index (χ1n) is 8.05. The van der Waals surface area contributed by atoms with Gasteiger partial charge >= 0.3 is 0 Å². The molecule has 1 saturated heterocycles. The topological polar surface area (TPSA) is 62.3 Å². The Kier molecular flexibility index (Phi) is 5.29. The zero-order chi connectivity index (χ0) is 17.9. The van der Waals surface area contributed by atoms with Crippen LogP contribution in [-0.2, 0) is 10.0 Å². The number of sulfonamides is 1. The number of anilines is 1. The molecule has 134 valence electrons. The molecule has 1 N–H and O–H groups in total. The van der Waals surface area contributed by atoms with Crippen molar-refractivity contribution < 1.29 is 17.2 Å². The van der Waals surface area contributed by atoms with Crippen molar-refractivity contribution in [1.82, 2.24) is 9.71 Å². The average molecular weight is 367 g/mol. The van der Waals surface area contributed by atoms with Gasteiger partial charge in [0.2, 0.25) is 10.0 Å². The highest BCUT2D eigenvalue weighted by Gasteiger charge is 2.24. The molecule has 0 saturated carbocycles. The lowest BCUT2D eigenvalue weighted by Gasteiger charge is -2.33. The van der Waals surface area contributed by atoms with E-state index in [4.69, 9.17) is 0 Å². The summed E-state index contributed by atoms with van der Waals surface area (Å²) in [6.07, 6.45) is 5.14. The van der Waals surface area contributed by atoms with E-state index in [-0.39, 0.29) is 12.5 Å². The summed E-state index contributed by atoms with van der Waals surface area (Å²) in [6, 6.07) is 6.27. The highest BCUT2D eigenvalue weighted by Crippen LogP contribution is 2.23. The Labute approximate surface area is 145 Å². The second kappa shape index (κ2) is 7.45. The number of piperidine rings is 1. The van der Waals surface area contributed by atoms with Crippen molar-refractivity contribution in [2.75, 3.05) is 24.5 Å². The highest BCUT2D eigenvalue weighted by molar-refractivity contribution is 7.89. The zero-order valence-electron chi connectivity index (χ0n) is 13.5. The number of hydrogen-bond donors (Lipinski definition) is 1. The van der Waals surface area contributed by atoms with Gasteiger partial charge in [0.1, 0.15) is 16.5 Å². The van der Waals surface area contributed by atoms with Gasteiger partial charge in [-0.05, 0) is 49.1 Å². The molecule has 5 nitrogen and oxygen atoms in total. The standard InChI is InChI=1S/C17H19F2N3O2S/c18-14-3-4-16(19)17(10-14)25(23,24)21-11-13-5-8-22(9-6-13)15-2-1-7-20-12-15/h1-4,7,10,12-13,21H,5-6,8-9,11H2. The molecule has 0 atom stereocenters. The lowest BCUT2D eigenvalue weighted by atomic mass is 9.97. The van der Waals surface area contributed by atoms with Gasteiger partial charge in [0.25, 0.3) is 0 Å². The lowest BCUT2D eigenvalue weighted by molar-refractivity contribution is 0.401. The van der Waals surface area contributed by atoms with Gasteiger partial charge in [0.05, 0.1) is 11.9 Å². The number of halogens is 2.